The van der Waals surface area contributed by atoms with E-state index in [1.54, 1.807) is 91.0 Å². The molecule has 0 fully saturated rings. The minimum Gasteiger partial charge on any atom is -0.493 e. The zero-order valence-electron chi connectivity index (χ0n) is 26.1. The summed E-state index contributed by atoms with van der Waals surface area (Å²) in [5, 5.41) is 7.57. The molecule has 5 aromatic rings. The number of rotatable bonds is 12. The first-order chi connectivity index (χ1) is 23.3. The number of hydrogen-bond donors (Lipinski definition) is 3. The lowest BCUT2D eigenvalue weighted by atomic mass is 10.1. The zero-order valence-corrected chi connectivity index (χ0v) is 26.9. The van der Waals surface area contributed by atoms with Crippen LogP contribution in [0.4, 0.5) is 15.8 Å². The Bertz CT molecular complexity index is 1920. The van der Waals surface area contributed by atoms with Gasteiger partial charge in [0, 0.05) is 16.1 Å². The molecule has 1 atom stereocenters. The highest BCUT2D eigenvalue weighted by atomic mass is 32.2. The van der Waals surface area contributed by atoms with Crippen molar-refractivity contribution in [3.63, 3.8) is 0 Å². The van der Waals surface area contributed by atoms with Crippen LogP contribution in [0.2, 0.25) is 0 Å². The van der Waals surface area contributed by atoms with Crippen LogP contribution in [0.15, 0.2) is 138 Å². The molecule has 10 heteroatoms. The standard InChI is InChI=1S/C38H32FN3O5S/c1-46-33-22-17-25(24-34(33)47-2)23-32(42-36(43)27-13-7-4-8-14-27)37(44)40-28-18-20-29(21-19-28)48-35(26-11-5-3-6-12-26)38(45)41-31-16-10-9-15-30(31)39/h3-24,35H,1-2H3,(H,40,44)(H,41,45)(H,42,43)/b32-23-. The fraction of sp³-hybridized carbons (Fsp3) is 0.0789. The number of methoxy groups -OCH3 is 2. The molecule has 5 rings (SSSR count). The van der Waals surface area contributed by atoms with Gasteiger partial charge in [0.1, 0.15) is 16.8 Å². The van der Waals surface area contributed by atoms with Crippen molar-refractivity contribution >= 4 is 46.9 Å². The number of carbonyl (C=O) groups is 3. The topological polar surface area (TPSA) is 106 Å². The molecule has 0 bridgehead atoms. The van der Waals surface area contributed by atoms with E-state index in [1.807, 2.05) is 30.3 Å². The van der Waals surface area contributed by atoms with Gasteiger partial charge in [0.2, 0.25) is 5.91 Å². The first kappa shape index (κ1) is 33.5. The van der Waals surface area contributed by atoms with E-state index < -0.39 is 22.9 Å². The average Bonchev–Trinajstić information content (AvgIpc) is 3.12. The number of amides is 3. The number of halogens is 1. The predicted octanol–water partition coefficient (Wildman–Crippen LogP) is 7.72. The predicted molar refractivity (Wildman–Crippen MR) is 187 cm³/mol. The number of para-hydroxylation sites is 1. The van der Waals surface area contributed by atoms with Crippen LogP contribution in [0.5, 0.6) is 11.5 Å². The van der Waals surface area contributed by atoms with Crippen LogP contribution in [-0.2, 0) is 9.59 Å². The molecule has 0 aliphatic rings. The lowest BCUT2D eigenvalue weighted by Gasteiger charge is -2.18. The summed E-state index contributed by atoms with van der Waals surface area (Å²) in [5.74, 6) is -0.934. The van der Waals surface area contributed by atoms with Crippen molar-refractivity contribution in [2.75, 3.05) is 24.9 Å². The number of ether oxygens (including phenoxy) is 2. The molecule has 0 aromatic heterocycles. The van der Waals surface area contributed by atoms with Gasteiger partial charge in [-0.25, -0.2) is 4.39 Å². The number of thioether (sulfide) groups is 1. The van der Waals surface area contributed by atoms with E-state index >= 15 is 0 Å². The van der Waals surface area contributed by atoms with Crippen molar-refractivity contribution in [2.45, 2.75) is 10.1 Å². The van der Waals surface area contributed by atoms with Crippen molar-refractivity contribution < 1.29 is 28.2 Å². The van der Waals surface area contributed by atoms with Gasteiger partial charge in [-0.15, -0.1) is 11.8 Å². The lowest BCUT2D eigenvalue weighted by Crippen LogP contribution is -2.30. The Balaban J connectivity index is 1.35. The summed E-state index contributed by atoms with van der Waals surface area (Å²) in [6.45, 7) is 0. The SMILES string of the molecule is COc1ccc(/C=C(\NC(=O)c2ccccc2)C(=O)Nc2ccc(SC(C(=O)Nc3ccccc3F)c3ccccc3)cc2)cc1OC. The lowest BCUT2D eigenvalue weighted by molar-refractivity contribution is -0.116. The molecule has 0 saturated heterocycles. The Labute approximate surface area is 282 Å². The molecule has 242 valence electrons. The highest BCUT2D eigenvalue weighted by Gasteiger charge is 2.23. The molecule has 48 heavy (non-hydrogen) atoms. The normalized spacial score (nSPS) is 11.6. The van der Waals surface area contributed by atoms with Gasteiger partial charge in [-0.1, -0.05) is 66.7 Å². The van der Waals surface area contributed by atoms with Gasteiger partial charge < -0.3 is 25.4 Å². The molecule has 0 saturated carbocycles. The van der Waals surface area contributed by atoms with E-state index in [1.165, 1.54) is 38.1 Å². The van der Waals surface area contributed by atoms with Gasteiger partial charge in [0.15, 0.2) is 11.5 Å². The Kier molecular flexibility index (Phi) is 11.2. The molecule has 0 spiro atoms. The summed E-state index contributed by atoms with van der Waals surface area (Å²) in [4.78, 5) is 40.7. The van der Waals surface area contributed by atoms with E-state index in [0.717, 1.165) is 10.5 Å². The molecule has 8 nitrogen and oxygen atoms in total. The van der Waals surface area contributed by atoms with Crippen molar-refractivity contribution in [2.24, 2.45) is 0 Å². The maximum atomic E-state index is 14.3. The number of hydrogen-bond acceptors (Lipinski definition) is 6. The largest absolute Gasteiger partial charge is 0.493 e. The Hall–Kier alpha value is -5.87. The molecule has 3 amide bonds. The van der Waals surface area contributed by atoms with Crippen LogP contribution in [0, 0.1) is 5.82 Å². The van der Waals surface area contributed by atoms with E-state index in [-0.39, 0.29) is 17.3 Å². The van der Waals surface area contributed by atoms with Crippen LogP contribution >= 0.6 is 11.8 Å². The van der Waals surface area contributed by atoms with Crippen molar-refractivity contribution in [1.29, 1.82) is 0 Å². The minimum absolute atomic E-state index is 0.00322. The Morgan fingerprint density at radius 3 is 2.04 bits per heavy atom. The fourth-order valence-corrected chi connectivity index (χ4v) is 5.69. The summed E-state index contributed by atoms with van der Waals surface area (Å²) >= 11 is 1.29. The molecular weight excluding hydrogens is 629 g/mol. The molecule has 0 aliphatic heterocycles. The summed E-state index contributed by atoms with van der Waals surface area (Å²) < 4.78 is 25.0. The minimum atomic E-state index is -0.685. The number of carbonyl (C=O) groups excluding carboxylic acids is 3. The van der Waals surface area contributed by atoms with E-state index in [0.29, 0.717) is 28.3 Å². The highest BCUT2D eigenvalue weighted by molar-refractivity contribution is 8.00. The second-order valence-corrected chi connectivity index (χ2v) is 11.5. The Morgan fingerprint density at radius 2 is 1.38 bits per heavy atom. The zero-order chi connectivity index (χ0) is 33.9. The average molecular weight is 662 g/mol. The molecule has 5 aromatic carbocycles. The van der Waals surface area contributed by atoms with Crippen LogP contribution in [0.25, 0.3) is 6.08 Å². The molecule has 0 heterocycles. The van der Waals surface area contributed by atoms with E-state index in [2.05, 4.69) is 16.0 Å². The Morgan fingerprint density at radius 1 is 0.729 bits per heavy atom. The quantitative estimate of drug-likeness (QED) is 0.0934. The van der Waals surface area contributed by atoms with Gasteiger partial charge in [0.25, 0.3) is 11.8 Å². The maximum Gasteiger partial charge on any atom is 0.272 e. The summed E-state index contributed by atoms with van der Waals surface area (Å²) in [6.07, 6.45) is 1.54. The monoisotopic (exact) mass is 661 g/mol. The van der Waals surface area contributed by atoms with Gasteiger partial charge in [0.05, 0.1) is 19.9 Å². The van der Waals surface area contributed by atoms with Gasteiger partial charge in [-0.05, 0) is 77.9 Å². The first-order valence-corrected chi connectivity index (χ1v) is 15.7. The van der Waals surface area contributed by atoms with Gasteiger partial charge in [-0.3, -0.25) is 14.4 Å². The number of nitrogens with one attached hydrogen (secondary N) is 3. The van der Waals surface area contributed by atoms with Gasteiger partial charge in [-0.2, -0.15) is 0 Å². The van der Waals surface area contributed by atoms with Crippen molar-refractivity contribution in [3.05, 3.63) is 156 Å². The molecule has 0 radical (unpaired) electrons. The second kappa shape index (κ2) is 16.1. The van der Waals surface area contributed by atoms with Crippen LogP contribution in [0.3, 0.4) is 0 Å². The summed E-state index contributed by atoms with van der Waals surface area (Å²) in [5.41, 5.74) is 2.29. The third kappa shape index (κ3) is 8.68. The molecule has 0 aliphatic carbocycles. The van der Waals surface area contributed by atoms with Crippen LogP contribution < -0.4 is 25.4 Å². The third-order valence-electron chi connectivity index (χ3n) is 7.09. The molecule has 3 N–H and O–H groups in total. The highest BCUT2D eigenvalue weighted by Crippen LogP contribution is 2.37. The van der Waals surface area contributed by atoms with Crippen molar-refractivity contribution in [3.8, 4) is 11.5 Å². The molecular formula is C38H32FN3O5S. The summed E-state index contributed by atoms with van der Waals surface area (Å²) in [7, 11) is 3.04. The van der Waals surface area contributed by atoms with Gasteiger partial charge >= 0.3 is 0 Å². The number of anilines is 2. The molecule has 1 unspecified atom stereocenters. The first-order valence-electron chi connectivity index (χ1n) is 14.8. The number of benzene rings is 5. The van der Waals surface area contributed by atoms with Crippen LogP contribution in [-0.4, -0.2) is 31.9 Å². The summed E-state index contributed by atoms with van der Waals surface area (Å²) in [6, 6.07) is 35.8. The van der Waals surface area contributed by atoms with Crippen LogP contribution in [0.1, 0.15) is 26.7 Å². The second-order valence-electron chi connectivity index (χ2n) is 10.3. The third-order valence-corrected chi connectivity index (χ3v) is 8.35. The van der Waals surface area contributed by atoms with E-state index in [9.17, 15) is 18.8 Å². The maximum absolute atomic E-state index is 14.3. The van der Waals surface area contributed by atoms with Crippen molar-refractivity contribution in [1.82, 2.24) is 5.32 Å². The fourth-order valence-electron chi connectivity index (χ4n) is 4.66. The van der Waals surface area contributed by atoms with E-state index in [4.69, 9.17) is 9.47 Å². The smallest absolute Gasteiger partial charge is 0.272 e.